The lowest BCUT2D eigenvalue weighted by Gasteiger charge is -2.22. The Labute approximate surface area is 149 Å². The lowest BCUT2D eigenvalue weighted by Crippen LogP contribution is -2.26. The molecule has 0 saturated carbocycles. The number of hydrogen-bond donors (Lipinski definition) is 0. The van der Waals surface area contributed by atoms with Gasteiger partial charge in [-0.25, -0.2) is 0 Å². The van der Waals surface area contributed by atoms with Crippen molar-refractivity contribution < 1.29 is 0 Å². The SMILES string of the molecule is C[Si](C)(C)C#CC(=C(c1ccccc1)c1ccccc1)[Si](C)(C)C. The summed E-state index contributed by atoms with van der Waals surface area (Å²) in [4.78, 5) is 0. The van der Waals surface area contributed by atoms with Gasteiger partial charge in [0.05, 0.1) is 8.07 Å². The topological polar surface area (TPSA) is 0 Å². The Morgan fingerprint density at radius 2 is 1.08 bits per heavy atom. The third-order valence-electron chi connectivity index (χ3n) is 3.69. The molecular weight excluding hydrogens is 320 g/mol. The molecule has 0 aliphatic rings. The Morgan fingerprint density at radius 1 is 0.667 bits per heavy atom. The fourth-order valence-electron chi connectivity index (χ4n) is 2.54. The molecule has 0 atom stereocenters. The molecule has 0 amide bonds. The average molecular weight is 349 g/mol. The van der Waals surface area contributed by atoms with Crippen molar-refractivity contribution in [1.29, 1.82) is 0 Å². The summed E-state index contributed by atoms with van der Waals surface area (Å²) in [7, 11) is -3.01. The van der Waals surface area contributed by atoms with E-state index < -0.39 is 16.1 Å². The van der Waals surface area contributed by atoms with Crippen LogP contribution in [0.25, 0.3) is 5.57 Å². The van der Waals surface area contributed by atoms with Crippen LogP contribution in [0.1, 0.15) is 11.1 Å². The highest BCUT2D eigenvalue weighted by molar-refractivity contribution is 6.86. The molecule has 0 nitrogen and oxygen atoms in total. The quantitative estimate of drug-likeness (QED) is 0.454. The van der Waals surface area contributed by atoms with Crippen LogP contribution in [0.5, 0.6) is 0 Å². The second kappa shape index (κ2) is 7.38. The highest BCUT2D eigenvalue weighted by Gasteiger charge is 2.24. The minimum absolute atomic E-state index is 1.27. The molecule has 2 heteroatoms. The van der Waals surface area contributed by atoms with Gasteiger partial charge in [0.25, 0.3) is 0 Å². The summed E-state index contributed by atoms with van der Waals surface area (Å²) in [5, 5.41) is 1.36. The zero-order valence-electron chi connectivity index (χ0n) is 15.8. The smallest absolute Gasteiger partial charge is 0.127 e. The lowest BCUT2D eigenvalue weighted by atomic mass is 9.97. The predicted octanol–water partition coefficient (Wildman–Crippen LogP) is 6.25. The van der Waals surface area contributed by atoms with Crippen molar-refractivity contribution in [2.24, 2.45) is 0 Å². The molecule has 0 fully saturated rings. The van der Waals surface area contributed by atoms with Crippen LogP contribution in [0.2, 0.25) is 39.3 Å². The Morgan fingerprint density at radius 3 is 1.42 bits per heavy atom. The van der Waals surface area contributed by atoms with Gasteiger partial charge in [-0.15, -0.1) is 5.54 Å². The fourth-order valence-corrected chi connectivity index (χ4v) is 4.64. The monoisotopic (exact) mass is 348 g/mol. The van der Waals surface area contributed by atoms with Crippen LogP contribution in [0.15, 0.2) is 65.9 Å². The standard InChI is InChI=1S/C22H28Si2/c1-23(2,3)18-17-21(24(4,5)6)22(19-13-9-7-10-14-19)20-15-11-8-12-16-20/h7-16H,1-6H3. The minimum Gasteiger partial charge on any atom is -0.127 e. The lowest BCUT2D eigenvalue weighted by molar-refractivity contribution is 1.52. The molecule has 2 rings (SSSR count). The molecule has 0 N–H and O–H groups in total. The van der Waals surface area contributed by atoms with Crippen LogP contribution in [-0.2, 0) is 0 Å². The van der Waals surface area contributed by atoms with Crippen LogP contribution in [0, 0.1) is 11.5 Å². The molecule has 0 aliphatic heterocycles. The van der Waals surface area contributed by atoms with Crippen molar-refractivity contribution in [3.63, 3.8) is 0 Å². The van der Waals surface area contributed by atoms with Crippen LogP contribution in [0.4, 0.5) is 0 Å². The Hall–Kier alpha value is -1.83. The molecule has 0 radical (unpaired) electrons. The fraction of sp³-hybridized carbons (Fsp3) is 0.273. The highest BCUT2D eigenvalue weighted by Crippen LogP contribution is 2.31. The van der Waals surface area contributed by atoms with Gasteiger partial charge < -0.3 is 0 Å². The maximum atomic E-state index is 3.65. The molecule has 0 aliphatic carbocycles. The highest BCUT2D eigenvalue weighted by atomic mass is 28.3. The summed E-state index contributed by atoms with van der Waals surface area (Å²) in [6, 6.07) is 21.5. The van der Waals surface area contributed by atoms with Gasteiger partial charge in [0.1, 0.15) is 8.07 Å². The normalized spacial score (nSPS) is 11.4. The van der Waals surface area contributed by atoms with Gasteiger partial charge in [0.2, 0.25) is 0 Å². The largest absolute Gasteiger partial charge is 0.129 e. The Kier molecular flexibility index (Phi) is 5.69. The predicted molar refractivity (Wildman–Crippen MR) is 113 cm³/mol. The van der Waals surface area contributed by atoms with Gasteiger partial charge in [-0.2, -0.15) is 0 Å². The first-order valence-electron chi connectivity index (χ1n) is 8.57. The van der Waals surface area contributed by atoms with E-state index in [0.717, 1.165) is 0 Å². The second-order valence-corrected chi connectivity index (χ2v) is 18.0. The van der Waals surface area contributed by atoms with Crippen molar-refractivity contribution in [1.82, 2.24) is 0 Å². The molecule has 24 heavy (non-hydrogen) atoms. The summed E-state index contributed by atoms with van der Waals surface area (Å²) >= 11 is 0. The molecule has 0 aromatic heterocycles. The van der Waals surface area contributed by atoms with E-state index in [1.54, 1.807) is 0 Å². The van der Waals surface area contributed by atoms with Crippen molar-refractivity contribution in [2.45, 2.75) is 39.3 Å². The Balaban J connectivity index is 2.81. The zero-order valence-corrected chi connectivity index (χ0v) is 17.8. The first-order valence-corrected chi connectivity index (χ1v) is 15.6. The van der Waals surface area contributed by atoms with Crippen LogP contribution in [0.3, 0.4) is 0 Å². The van der Waals surface area contributed by atoms with Crippen molar-refractivity contribution in [3.8, 4) is 11.5 Å². The van der Waals surface area contributed by atoms with Crippen molar-refractivity contribution in [2.75, 3.05) is 0 Å². The van der Waals surface area contributed by atoms with E-state index in [9.17, 15) is 0 Å². The van der Waals surface area contributed by atoms with E-state index in [1.165, 1.54) is 21.9 Å². The van der Waals surface area contributed by atoms with Gasteiger partial charge in [0, 0.05) is 0 Å². The van der Waals surface area contributed by atoms with Gasteiger partial charge in [-0.1, -0.05) is 106 Å². The molecule has 0 unspecified atom stereocenters. The average Bonchev–Trinajstić information content (AvgIpc) is 2.51. The van der Waals surface area contributed by atoms with E-state index in [4.69, 9.17) is 0 Å². The van der Waals surface area contributed by atoms with E-state index in [2.05, 4.69) is 111 Å². The van der Waals surface area contributed by atoms with E-state index in [-0.39, 0.29) is 0 Å². The van der Waals surface area contributed by atoms with Gasteiger partial charge in [0.15, 0.2) is 0 Å². The molecule has 0 heterocycles. The maximum absolute atomic E-state index is 3.65. The third kappa shape index (κ3) is 5.09. The molecule has 0 spiro atoms. The van der Waals surface area contributed by atoms with Gasteiger partial charge in [-0.3, -0.25) is 0 Å². The number of allylic oxidation sites excluding steroid dienone is 1. The van der Waals surface area contributed by atoms with Gasteiger partial charge >= 0.3 is 0 Å². The molecule has 2 aromatic rings. The van der Waals surface area contributed by atoms with E-state index in [1.807, 2.05) is 0 Å². The first-order chi connectivity index (χ1) is 11.2. The van der Waals surface area contributed by atoms with Crippen LogP contribution >= 0.6 is 0 Å². The zero-order chi connectivity index (χ0) is 17.8. The molecule has 0 bridgehead atoms. The molecule has 2 aromatic carbocycles. The summed E-state index contributed by atoms with van der Waals surface area (Å²) in [6.45, 7) is 14.1. The summed E-state index contributed by atoms with van der Waals surface area (Å²) in [6.07, 6.45) is 0. The minimum atomic E-state index is -1.59. The van der Waals surface area contributed by atoms with Crippen LogP contribution < -0.4 is 0 Å². The molecular formula is C22H28Si2. The number of rotatable bonds is 3. The third-order valence-corrected chi connectivity index (χ3v) is 6.44. The van der Waals surface area contributed by atoms with E-state index in [0.29, 0.717) is 0 Å². The summed E-state index contributed by atoms with van der Waals surface area (Å²) in [5.41, 5.74) is 7.47. The summed E-state index contributed by atoms with van der Waals surface area (Å²) < 4.78 is 0. The van der Waals surface area contributed by atoms with Gasteiger partial charge in [-0.05, 0) is 21.9 Å². The second-order valence-electron chi connectivity index (χ2n) is 8.23. The summed E-state index contributed by atoms with van der Waals surface area (Å²) in [5.74, 6) is 3.65. The van der Waals surface area contributed by atoms with Crippen molar-refractivity contribution in [3.05, 3.63) is 77.0 Å². The van der Waals surface area contributed by atoms with Crippen LogP contribution in [-0.4, -0.2) is 16.1 Å². The molecule has 0 saturated heterocycles. The first kappa shape index (κ1) is 18.5. The maximum Gasteiger partial charge on any atom is 0.129 e. The van der Waals surface area contributed by atoms with Crippen molar-refractivity contribution >= 4 is 21.7 Å². The number of benzene rings is 2. The molecule has 124 valence electrons. The Bertz CT molecular complexity index is 720. The number of hydrogen-bond acceptors (Lipinski definition) is 0. The van der Waals surface area contributed by atoms with E-state index >= 15 is 0 Å².